The number of nitrogens with zero attached hydrogens (tertiary/aromatic N) is 4. The number of carbonyl (C=O) groups excluding carboxylic acids is 2. The lowest BCUT2D eigenvalue weighted by Crippen LogP contribution is -2.48. The molecule has 0 radical (unpaired) electrons. The van der Waals surface area contributed by atoms with E-state index in [4.69, 9.17) is 4.74 Å². The molecule has 0 unspecified atom stereocenters. The molecule has 1 spiro atoms. The number of piperidine rings is 1. The second-order valence-electron chi connectivity index (χ2n) is 9.89. The zero-order chi connectivity index (χ0) is 22.2. The van der Waals surface area contributed by atoms with Gasteiger partial charge in [-0.2, -0.15) is 0 Å². The van der Waals surface area contributed by atoms with E-state index in [0.717, 1.165) is 64.2 Å². The molecule has 0 aromatic heterocycles. The quantitative estimate of drug-likeness (QED) is 0.741. The first kappa shape index (κ1) is 21.9. The van der Waals surface area contributed by atoms with E-state index in [9.17, 15) is 9.59 Å². The summed E-state index contributed by atoms with van der Waals surface area (Å²) in [6.45, 7) is 9.24. The van der Waals surface area contributed by atoms with Crippen LogP contribution in [-0.2, 0) is 10.2 Å². The largest absolute Gasteiger partial charge is 0.447 e. The molecule has 1 aromatic carbocycles. The van der Waals surface area contributed by atoms with Crippen LogP contribution >= 0.6 is 0 Å². The van der Waals surface area contributed by atoms with Gasteiger partial charge in [-0.1, -0.05) is 18.2 Å². The number of hydrogen-bond acceptors (Lipinski definition) is 4. The number of likely N-dealkylation sites (tertiary alicyclic amines) is 2. The molecule has 1 aromatic rings. The highest BCUT2D eigenvalue weighted by Crippen LogP contribution is 2.47. The highest BCUT2D eigenvalue weighted by molar-refractivity contribution is 5.95. The van der Waals surface area contributed by atoms with Gasteiger partial charge >= 0.3 is 12.1 Å². The molecule has 31 heavy (non-hydrogen) atoms. The first-order valence-corrected chi connectivity index (χ1v) is 11.6. The van der Waals surface area contributed by atoms with Crippen LogP contribution in [0.3, 0.4) is 0 Å². The average Bonchev–Trinajstić information content (AvgIpc) is 3.33. The summed E-state index contributed by atoms with van der Waals surface area (Å²) in [4.78, 5) is 33.0. The molecule has 3 amide bonds. The molecule has 7 nitrogen and oxygen atoms in total. The standard InChI is InChI=1S/C24H36N4O3/c1-18(2)31-23(30)27-12-9-19(16-27)15-26-13-10-24(11-14-26)17-28(22(29)25(3)4)21-8-6-5-7-20(21)24/h5-8,18-19H,9-17H2,1-4H3/t19-/m1/s1. The van der Waals surface area contributed by atoms with Crippen molar-refractivity contribution in [3.63, 3.8) is 0 Å². The first-order valence-electron chi connectivity index (χ1n) is 11.6. The summed E-state index contributed by atoms with van der Waals surface area (Å²) in [6.07, 6.45) is 2.92. The summed E-state index contributed by atoms with van der Waals surface area (Å²) in [5.74, 6) is 0.511. The highest BCUT2D eigenvalue weighted by atomic mass is 16.6. The average molecular weight is 429 g/mol. The maximum atomic E-state index is 12.8. The molecular formula is C24H36N4O3. The van der Waals surface area contributed by atoms with Gasteiger partial charge in [-0.25, -0.2) is 9.59 Å². The number of rotatable bonds is 3. The minimum Gasteiger partial charge on any atom is -0.447 e. The Hall–Kier alpha value is -2.28. The zero-order valence-corrected chi connectivity index (χ0v) is 19.3. The number of anilines is 1. The minimum atomic E-state index is -0.177. The van der Waals surface area contributed by atoms with Gasteiger partial charge in [0.25, 0.3) is 0 Å². The van der Waals surface area contributed by atoms with Gasteiger partial charge in [0.05, 0.1) is 6.10 Å². The Morgan fingerprint density at radius 2 is 1.87 bits per heavy atom. The Morgan fingerprint density at radius 3 is 2.55 bits per heavy atom. The monoisotopic (exact) mass is 428 g/mol. The van der Waals surface area contributed by atoms with Gasteiger partial charge in [-0.05, 0) is 63.7 Å². The second-order valence-corrected chi connectivity index (χ2v) is 9.89. The third-order valence-corrected chi connectivity index (χ3v) is 7.05. The van der Waals surface area contributed by atoms with E-state index in [2.05, 4.69) is 23.1 Å². The molecule has 0 saturated carbocycles. The van der Waals surface area contributed by atoms with Crippen LogP contribution < -0.4 is 4.90 Å². The molecule has 2 saturated heterocycles. The molecule has 1 atom stereocenters. The van der Waals surface area contributed by atoms with Crippen molar-refractivity contribution in [1.82, 2.24) is 14.7 Å². The Labute approximate surface area is 185 Å². The van der Waals surface area contributed by atoms with Gasteiger partial charge < -0.3 is 19.4 Å². The number of fused-ring (bicyclic) bond motifs is 2. The van der Waals surface area contributed by atoms with Gasteiger partial charge in [-0.15, -0.1) is 0 Å². The van der Waals surface area contributed by atoms with E-state index in [1.165, 1.54) is 5.56 Å². The molecule has 0 bridgehead atoms. The van der Waals surface area contributed by atoms with Crippen molar-refractivity contribution >= 4 is 17.8 Å². The SMILES string of the molecule is CC(C)OC(=O)N1CC[C@H](CN2CCC3(CC2)CN(C(=O)N(C)C)c2ccccc23)C1. The Bertz CT molecular complexity index is 817. The number of benzene rings is 1. The Kier molecular flexibility index (Phi) is 6.15. The maximum Gasteiger partial charge on any atom is 0.410 e. The van der Waals surface area contributed by atoms with Gasteiger partial charge in [0, 0.05) is 51.4 Å². The van der Waals surface area contributed by atoms with Crippen LogP contribution in [0.25, 0.3) is 0 Å². The molecule has 3 heterocycles. The maximum absolute atomic E-state index is 12.8. The van der Waals surface area contributed by atoms with Crippen LogP contribution in [0.1, 0.15) is 38.7 Å². The molecule has 2 fully saturated rings. The summed E-state index contributed by atoms with van der Waals surface area (Å²) in [5, 5.41) is 0. The van der Waals surface area contributed by atoms with E-state index in [0.29, 0.717) is 5.92 Å². The highest BCUT2D eigenvalue weighted by Gasteiger charge is 2.46. The molecule has 0 N–H and O–H groups in total. The lowest BCUT2D eigenvalue weighted by Gasteiger charge is -2.40. The topological polar surface area (TPSA) is 56.3 Å². The van der Waals surface area contributed by atoms with Crippen molar-refractivity contribution < 1.29 is 14.3 Å². The summed E-state index contributed by atoms with van der Waals surface area (Å²) in [6, 6.07) is 8.48. The van der Waals surface area contributed by atoms with Crippen molar-refractivity contribution in [2.75, 3.05) is 58.3 Å². The van der Waals surface area contributed by atoms with E-state index < -0.39 is 0 Å². The van der Waals surface area contributed by atoms with Crippen LogP contribution in [0.15, 0.2) is 24.3 Å². The van der Waals surface area contributed by atoms with E-state index >= 15 is 0 Å². The fourth-order valence-corrected chi connectivity index (χ4v) is 5.42. The third kappa shape index (κ3) is 4.38. The predicted octanol–water partition coefficient (Wildman–Crippen LogP) is 3.39. The van der Waals surface area contributed by atoms with Crippen molar-refractivity contribution in [1.29, 1.82) is 0 Å². The number of para-hydroxylation sites is 1. The molecular weight excluding hydrogens is 392 g/mol. The van der Waals surface area contributed by atoms with Gasteiger partial charge in [-0.3, -0.25) is 4.90 Å². The van der Waals surface area contributed by atoms with Crippen LogP contribution in [-0.4, -0.2) is 86.3 Å². The fraction of sp³-hybridized carbons (Fsp3) is 0.667. The third-order valence-electron chi connectivity index (χ3n) is 7.05. The normalized spacial score (nSPS) is 22.8. The molecule has 7 heteroatoms. The first-order chi connectivity index (χ1) is 14.8. The van der Waals surface area contributed by atoms with Gasteiger partial charge in [0.2, 0.25) is 0 Å². The number of hydrogen-bond donors (Lipinski definition) is 0. The van der Waals surface area contributed by atoms with Crippen LogP contribution in [0, 0.1) is 5.92 Å². The molecule has 3 aliphatic rings. The van der Waals surface area contributed by atoms with Gasteiger partial charge in [0.15, 0.2) is 0 Å². The van der Waals surface area contributed by atoms with Crippen molar-refractivity contribution in [3.8, 4) is 0 Å². The molecule has 0 aliphatic carbocycles. The number of carbonyl (C=O) groups is 2. The lowest BCUT2D eigenvalue weighted by atomic mass is 9.74. The van der Waals surface area contributed by atoms with E-state index in [1.807, 2.05) is 43.8 Å². The van der Waals surface area contributed by atoms with Crippen molar-refractivity contribution in [3.05, 3.63) is 29.8 Å². The fourth-order valence-electron chi connectivity index (χ4n) is 5.42. The molecule has 3 aliphatic heterocycles. The zero-order valence-electron chi connectivity index (χ0n) is 19.3. The Balaban J connectivity index is 1.36. The summed E-state index contributed by atoms with van der Waals surface area (Å²) >= 11 is 0. The minimum absolute atomic E-state index is 0.0571. The van der Waals surface area contributed by atoms with Gasteiger partial charge in [0.1, 0.15) is 0 Å². The number of ether oxygens (including phenoxy) is 1. The van der Waals surface area contributed by atoms with Crippen molar-refractivity contribution in [2.45, 2.75) is 44.6 Å². The molecule has 4 rings (SSSR count). The summed E-state index contributed by atoms with van der Waals surface area (Å²) < 4.78 is 5.35. The van der Waals surface area contributed by atoms with Crippen LogP contribution in [0.2, 0.25) is 0 Å². The van der Waals surface area contributed by atoms with Crippen molar-refractivity contribution in [2.24, 2.45) is 5.92 Å². The van der Waals surface area contributed by atoms with Crippen LogP contribution in [0.5, 0.6) is 0 Å². The second kappa shape index (κ2) is 8.69. The Morgan fingerprint density at radius 1 is 1.16 bits per heavy atom. The lowest BCUT2D eigenvalue weighted by molar-refractivity contribution is 0.0812. The smallest absolute Gasteiger partial charge is 0.410 e. The summed E-state index contributed by atoms with van der Waals surface area (Å²) in [5.41, 5.74) is 2.46. The van der Waals surface area contributed by atoms with E-state index in [-0.39, 0.29) is 23.6 Å². The summed E-state index contributed by atoms with van der Waals surface area (Å²) in [7, 11) is 3.64. The van der Waals surface area contributed by atoms with Crippen LogP contribution in [0.4, 0.5) is 15.3 Å². The predicted molar refractivity (Wildman–Crippen MR) is 122 cm³/mol. The molecule has 170 valence electrons. The van der Waals surface area contributed by atoms with E-state index in [1.54, 1.807) is 4.90 Å². The number of urea groups is 1. The number of amides is 3.